The summed E-state index contributed by atoms with van der Waals surface area (Å²) in [5, 5.41) is 5.71. The number of halogens is 4. The van der Waals surface area contributed by atoms with Crippen LogP contribution in [0.4, 0.5) is 30.5 Å². The van der Waals surface area contributed by atoms with Crippen LogP contribution in [0.25, 0.3) is 0 Å². The smallest absolute Gasteiger partial charge is 0.385 e. The maximum atomic E-state index is 13.1. The van der Waals surface area contributed by atoms with Crippen molar-refractivity contribution in [3.05, 3.63) is 41.2 Å². The van der Waals surface area contributed by atoms with Gasteiger partial charge < -0.3 is 15.4 Å². The number of methoxy groups -OCH3 is 1. The van der Waals surface area contributed by atoms with Gasteiger partial charge in [-0.05, 0) is 24.6 Å². The number of benzene rings is 1. The molecule has 2 rings (SSSR count). The number of anilines is 3. The van der Waals surface area contributed by atoms with Gasteiger partial charge in [-0.2, -0.15) is 13.2 Å². The molecule has 1 aromatic carbocycles. The van der Waals surface area contributed by atoms with E-state index >= 15 is 0 Å². The zero-order chi connectivity index (χ0) is 17.6. The topological polar surface area (TPSA) is 59.1 Å². The predicted octanol–water partition coefficient (Wildman–Crippen LogP) is 4.34. The lowest BCUT2D eigenvalue weighted by Crippen LogP contribution is -2.10. The van der Waals surface area contributed by atoms with E-state index in [0.29, 0.717) is 19.0 Å². The van der Waals surface area contributed by atoms with E-state index in [1.165, 1.54) is 24.5 Å². The summed E-state index contributed by atoms with van der Waals surface area (Å²) >= 11 is 5.66. The highest BCUT2D eigenvalue weighted by molar-refractivity contribution is 6.30. The third kappa shape index (κ3) is 5.24. The predicted molar refractivity (Wildman–Crippen MR) is 86.8 cm³/mol. The number of rotatable bonds is 7. The van der Waals surface area contributed by atoms with Crippen LogP contribution in [0.3, 0.4) is 0 Å². The molecule has 5 nitrogen and oxygen atoms in total. The molecule has 130 valence electrons. The summed E-state index contributed by atoms with van der Waals surface area (Å²) in [6, 6.07) is 5.04. The summed E-state index contributed by atoms with van der Waals surface area (Å²) in [7, 11) is 1.61. The summed E-state index contributed by atoms with van der Waals surface area (Å²) in [4.78, 5) is 7.96. The molecule has 2 aromatic rings. The van der Waals surface area contributed by atoms with Crippen molar-refractivity contribution in [3.63, 3.8) is 0 Å². The Hall–Kier alpha value is -2.06. The van der Waals surface area contributed by atoms with Crippen molar-refractivity contribution in [1.82, 2.24) is 9.97 Å². The molecule has 0 aliphatic rings. The van der Waals surface area contributed by atoms with Crippen LogP contribution in [0.2, 0.25) is 5.02 Å². The molecule has 1 aromatic heterocycles. The van der Waals surface area contributed by atoms with Gasteiger partial charge in [0.2, 0.25) is 0 Å². The molecule has 0 fully saturated rings. The minimum Gasteiger partial charge on any atom is -0.385 e. The van der Waals surface area contributed by atoms with Gasteiger partial charge in [-0.1, -0.05) is 11.6 Å². The third-order valence-electron chi connectivity index (χ3n) is 3.05. The second-order valence-corrected chi connectivity index (χ2v) is 5.31. The van der Waals surface area contributed by atoms with Crippen LogP contribution >= 0.6 is 11.6 Å². The van der Waals surface area contributed by atoms with Gasteiger partial charge in [0.25, 0.3) is 0 Å². The van der Waals surface area contributed by atoms with Crippen LogP contribution in [0.15, 0.2) is 30.6 Å². The van der Waals surface area contributed by atoms with Gasteiger partial charge in [0.15, 0.2) is 0 Å². The molecule has 2 N–H and O–H groups in total. The minimum atomic E-state index is -4.53. The van der Waals surface area contributed by atoms with E-state index < -0.39 is 11.7 Å². The molecule has 24 heavy (non-hydrogen) atoms. The average molecular weight is 361 g/mol. The molecule has 0 saturated carbocycles. The Kier molecular flexibility index (Phi) is 6.22. The fraction of sp³-hybridized carbons (Fsp3) is 0.333. The fourth-order valence-electron chi connectivity index (χ4n) is 1.95. The van der Waals surface area contributed by atoms with E-state index in [0.717, 1.165) is 12.5 Å². The van der Waals surface area contributed by atoms with Crippen LogP contribution in [-0.4, -0.2) is 30.2 Å². The second-order valence-electron chi connectivity index (χ2n) is 4.87. The number of nitrogens with zero attached hydrogens (tertiary/aromatic N) is 2. The van der Waals surface area contributed by atoms with Gasteiger partial charge in [-0.15, -0.1) is 0 Å². The highest BCUT2D eigenvalue weighted by atomic mass is 35.5. The monoisotopic (exact) mass is 360 g/mol. The van der Waals surface area contributed by atoms with Crippen molar-refractivity contribution in [3.8, 4) is 0 Å². The van der Waals surface area contributed by atoms with E-state index in [1.807, 2.05) is 0 Å². The van der Waals surface area contributed by atoms with Gasteiger partial charge in [-0.3, -0.25) is 0 Å². The quantitative estimate of drug-likeness (QED) is 0.719. The minimum absolute atomic E-state index is 0.0102. The lowest BCUT2D eigenvalue weighted by Gasteiger charge is -2.15. The van der Waals surface area contributed by atoms with E-state index in [4.69, 9.17) is 16.3 Å². The molecule has 0 saturated heterocycles. The number of ether oxygens (including phenoxy) is 1. The number of hydrogen-bond donors (Lipinski definition) is 2. The van der Waals surface area contributed by atoms with Gasteiger partial charge in [0, 0.05) is 31.4 Å². The van der Waals surface area contributed by atoms with Crippen molar-refractivity contribution < 1.29 is 17.9 Å². The average Bonchev–Trinajstić information content (AvgIpc) is 2.53. The Balaban J connectivity index is 2.14. The Morgan fingerprint density at radius 2 is 1.92 bits per heavy atom. The maximum Gasteiger partial charge on any atom is 0.418 e. The van der Waals surface area contributed by atoms with E-state index in [2.05, 4.69) is 20.6 Å². The Morgan fingerprint density at radius 3 is 2.62 bits per heavy atom. The molecule has 9 heteroatoms. The number of aromatic nitrogens is 2. The number of alkyl halides is 3. The Morgan fingerprint density at radius 1 is 1.17 bits per heavy atom. The molecule has 0 bridgehead atoms. The van der Waals surface area contributed by atoms with Gasteiger partial charge in [0.1, 0.15) is 18.0 Å². The SMILES string of the molecule is COCCCNc1cc(Nc2ccc(Cl)cc2C(F)(F)F)ncn1. The first-order valence-electron chi connectivity index (χ1n) is 7.09. The van der Waals surface area contributed by atoms with Crippen molar-refractivity contribution >= 4 is 28.9 Å². The highest BCUT2D eigenvalue weighted by Gasteiger charge is 2.33. The van der Waals surface area contributed by atoms with Crippen molar-refractivity contribution in [2.75, 3.05) is 30.9 Å². The molecular formula is C15H16ClF3N4O. The summed E-state index contributed by atoms with van der Waals surface area (Å²) in [6.07, 6.45) is -2.48. The van der Waals surface area contributed by atoms with Gasteiger partial charge in [0.05, 0.1) is 11.3 Å². The van der Waals surface area contributed by atoms with Crippen LogP contribution in [0.5, 0.6) is 0 Å². The summed E-state index contributed by atoms with van der Waals surface area (Å²) in [6.45, 7) is 1.22. The third-order valence-corrected chi connectivity index (χ3v) is 3.28. The Bertz CT molecular complexity index is 682. The van der Waals surface area contributed by atoms with Crippen molar-refractivity contribution in [1.29, 1.82) is 0 Å². The largest absolute Gasteiger partial charge is 0.418 e. The van der Waals surface area contributed by atoms with E-state index in [9.17, 15) is 13.2 Å². The lowest BCUT2D eigenvalue weighted by molar-refractivity contribution is -0.136. The van der Waals surface area contributed by atoms with E-state index in [1.54, 1.807) is 7.11 Å². The summed E-state index contributed by atoms with van der Waals surface area (Å²) in [5.41, 5.74) is -0.987. The fourth-order valence-corrected chi connectivity index (χ4v) is 2.13. The van der Waals surface area contributed by atoms with Gasteiger partial charge >= 0.3 is 6.18 Å². The molecule has 0 radical (unpaired) electrons. The molecular weight excluding hydrogens is 345 g/mol. The molecule has 0 aliphatic heterocycles. The maximum absolute atomic E-state index is 13.1. The molecule has 0 atom stereocenters. The number of nitrogens with one attached hydrogen (secondary N) is 2. The first-order chi connectivity index (χ1) is 11.4. The number of hydrogen-bond acceptors (Lipinski definition) is 5. The molecule has 0 aliphatic carbocycles. The lowest BCUT2D eigenvalue weighted by atomic mass is 10.1. The van der Waals surface area contributed by atoms with Crippen LogP contribution in [-0.2, 0) is 10.9 Å². The molecule has 0 unspecified atom stereocenters. The van der Waals surface area contributed by atoms with Gasteiger partial charge in [-0.25, -0.2) is 9.97 Å². The van der Waals surface area contributed by atoms with Crippen molar-refractivity contribution in [2.45, 2.75) is 12.6 Å². The van der Waals surface area contributed by atoms with Crippen LogP contribution in [0, 0.1) is 0 Å². The Labute approximate surface area is 142 Å². The zero-order valence-electron chi connectivity index (χ0n) is 12.8. The zero-order valence-corrected chi connectivity index (χ0v) is 13.6. The molecule has 0 spiro atoms. The van der Waals surface area contributed by atoms with Crippen LogP contribution in [0.1, 0.15) is 12.0 Å². The van der Waals surface area contributed by atoms with Crippen LogP contribution < -0.4 is 10.6 Å². The highest BCUT2D eigenvalue weighted by Crippen LogP contribution is 2.37. The normalized spacial score (nSPS) is 11.4. The summed E-state index contributed by atoms with van der Waals surface area (Å²) in [5.74, 6) is 0.748. The van der Waals surface area contributed by atoms with Crippen molar-refractivity contribution in [2.24, 2.45) is 0 Å². The first-order valence-corrected chi connectivity index (χ1v) is 7.46. The summed E-state index contributed by atoms with van der Waals surface area (Å²) < 4.78 is 44.2. The first kappa shape index (κ1) is 18.3. The molecule has 0 amide bonds. The van der Waals surface area contributed by atoms with E-state index in [-0.39, 0.29) is 16.5 Å². The second kappa shape index (κ2) is 8.16. The standard InChI is InChI=1S/C15H16ClF3N4O/c1-24-6-2-5-20-13-8-14(22-9-21-13)23-12-4-3-10(16)7-11(12)15(17,18)19/h3-4,7-9H,2,5-6H2,1H3,(H2,20,21,22,23). The molecule has 1 heterocycles.